The lowest BCUT2D eigenvalue weighted by Crippen LogP contribution is -2.17. The van der Waals surface area contributed by atoms with Crippen molar-refractivity contribution in [3.8, 4) is 17.0 Å². The van der Waals surface area contributed by atoms with Crippen LogP contribution in [0.2, 0.25) is 0 Å². The highest BCUT2D eigenvalue weighted by atomic mass is 32.1. The fourth-order valence-corrected chi connectivity index (χ4v) is 3.35. The molecule has 0 fully saturated rings. The lowest BCUT2D eigenvalue weighted by atomic mass is 10.1. The number of benzene rings is 2. The van der Waals surface area contributed by atoms with Gasteiger partial charge in [0.1, 0.15) is 10.6 Å². The van der Waals surface area contributed by atoms with Gasteiger partial charge in [-0.25, -0.2) is 9.78 Å². The van der Waals surface area contributed by atoms with E-state index in [9.17, 15) is 22.8 Å². The SMILES string of the molecule is CCOC(=O)c1sc(NC(=O)c2ccc(OC(F)(F)F)cc2)nc1-c1ccccc1. The molecule has 1 aromatic heterocycles. The van der Waals surface area contributed by atoms with Gasteiger partial charge in [-0.1, -0.05) is 41.7 Å². The van der Waals surface area contributed by atoms with E-state index >= 15 is 0 Å². The molecule has 1 N–H and O–H groups in total. The van der Waals surface area contributed by atoms with Gasteiger partial charge in [-0.05, 0) is 31.2 Å². The number of halogens is 3. The molecule has 0 saturated carbocycles. The molecule has 10 heteroatoms. The maximum atomic E-state index is 12.4. The summed E-state index contributed by atoms with van der Waals surface area (Å²) in [6, 6.07) is 13.4. The molecule has 0 aliphatic carbocycles. The summed E-state index contributed by atoms with van der Waals surface area (Å²) >= 11 is 0.945. The number of aromatic nitrogens is 1. The molecule has 1 heterocycles. The van der Waals surface area contributed by atoms with Crippen molar-refractivity contribution in [2.24, 2.45) is 0 Å². The van der Waals surface area contributed by atoms with Crippen LogP contribution in [0, 0.1) is 0 Å². The van der Waals surface area contributed by atoms with Crippen LogP contribution in [0.3, 0.4) is 0 Å². The summed E-state index contributed by atoms with van der Waals surface area (Å²) in [5, 5.41) is 2.70. The number of nitrogens with one attached hydrogen (secondary N) is 1. The average Bonchev–Trinajstić information content (AvgIpc) is 3.12. The van der Waals surface area contributed by atoms with Crippen molar-refractivity contribution in [3.63, 3.8) is 0 Å². The van der Waals surface area contributed by atoms with E-state index in [0.29, 0.717) is 11.3 Å². The van der Waals surface area contributed by atoms with E-state index < -0.39 is 24.0 Å². The largest absolute Gasteiger partial charge is 0.573 e. The minimum absolute atomic E-state index is 0.0960. The first-order valence-electron chi connectivity index (χ1n) is 8.67. The van der Waals surface area contributed by atoms with Crippen LogP contribution >= 0.6 is 11.3 Å². The Morgan fingerprint density at radius 1 is 1.07 bits per heavy atom. The number of anilines is 1. The van der Waals surface area contributed by atoms with Gasteiger partial charge in [0.25, 0.3) is 5.91 Å². The van der Waals surface area contributed by atoms with Crippen molar-refractivity contribution in [3.05, 3.63) is 65.0 Å². The molecule has 0 bridgehead atoms. The van der Waals surface area contributed by atoms with Gasteiger partial charge >= 0.3 is 12.3 Å². The second-order valence-electron chi connectivity index (χ2n) is 5.81. The van der Waals surface area contributed by atoms with E-state index in [2.05, 4.69) is 15.0 Å². The Kier molecular flexibility index (Phi) is 6.36. The van der Waals surface area contributed by atoms with Crippen LogP contribution in [-0.2, 0) is 4.74 Å². The monoisotopic (exact) mass is 436 g/mol. The third-order valence-corrected chi connectivity index (χ3v) is 4.66. The highest BCUT2D eigenvalue weighted by Crippen LogP contribution is 2.32. The summed E-state index contributed by atoms with van der Waals surface area (Å²) in [7, 11) is 0. The van der Waals surface area contributed by atoms with Crippen LogP contribution in [0.1, 0.15) is 27.0 Å². The summed E-state index contributed by atoms with van der Waals surface area (Å²) in [5.74, 6) is -1.61. The Hall–Kier alpha value is -3.40. The number of alkyl halides is 3. The second kappa shape index (κ2) is 8.95. The van der Waals surface area contributed by atoms with Gasteiger partial charge in [-0.2, -0.15) is 0 Å². The van der Waals surface area contributed by atoms with Crippen molar-refractivity contribution < 1.29 is 32.2 Å². The first-order valence-corrected chi connectivity index (χ1v) is 9.49. The van der Waals surface area contributed by atoms with Crippen molar-refractivity contribution in [1.29, 1.82) is 0 Å². The third kappa shape index (κ3) is 5.35. The van der Waals surface area contributed by atoms with E-state index in [1.54, 1.807) is 31.2 Å². The number of carbonyl (C=O) groups is 2. The molecule has 0 radical (unpaired) electrons. The summed E-state index contributed by atoms with van der Waals surface area (Å²) in [6.45, 7) is 1.86. The van der Waals surface area contributed by atoms with Crippen molar-refractivity contribution >= 4 is 28.3 Å². The summed E-state index contributed by atoms with van der Waals surface area (Å²) in [6.07, 6.45) is -4.82. The van der Waals surface area contributed by atoms with Gasteiger partial charge in [-0.3, -0.25) is 10.1 Å². The standard InChI is InChI=1S/C20H15F3N2O4S/c1-2-28-18(27)16-15(12-6-4-3-5-7-12)24-19(30-16)25-17(26)13-8-10-14(11-9-13)29-20(21,22)23/h3-11H,2H2,1H3,(H,24,25,26). The molecular weight excluding hydrogens is 421 g/mol. The van der Waals surface area contributed by atoms with Crippen LogP contribution < -0.4 is 10.1 Å². The molecular formula is C20H15F3N2O4S. The number of ether oxygens (including phenoxy) is 2. The zero-order valence-electron chi connectivity index (χ0n) is 15.5. The Labute approximate surface area is 173 Å². The summed E-state index contributed by atoms with van der Waals surface area (Å²) < 4.78 is 45.6. The molecule has 0 spiro atoms. The van der Waals surface area contributed by atoms with Crippen LogP contribution in [0.5, 0.6) is 5.75 Å². The smallest absolute Gasteiger partial charge is 0.462 e. The van der Waals surface area contributed by atoms with Gasteiger partial charge in [-0.15, -0.1) is 13.2 Å². The van der Waals surface area contributed by atoms with E-state index in [1.165, 1.54) is 12.1 Å². The molecule has 0 saturated heterocycles. The molecule has 156 valence electrons. The van der Waals surface area contributed by atoms with Crippen LogP contribution in [0.25, 0.3) is 11.3 Å². The third-order valence-electron chi connectivity index (χ3n) is 3.71. The Bertz CT molecular complexity index is 1030. The molecule has 30 heavy (non-hydrogen) atoms. The zero-order chi connectivity index (χ0) is 21.7. The van der Waals surface area contributed by atoms with Crippen molar-refractivity contribution in [2.75, 3.05) is 11.9 Å². The Balaban J connectivity index is 1.82. The van der Waals surface area contributed by atoms with Gasteiger partial charge in [0.15, 0.2) is 5.13 Å². The van der Waals surface area contributed by atoms with E-state index in [-0.39, 0.29) is 22.2 Å². The van der Waals surface area contributed by atoms with E-state index in [4.69, 9.17) is 4.74 Å². The first kappa shape index (κ1) is 21.3. The Morgan fingerprint density at radius 3 is 2.33 bits per heavy atom. The number of thiazole rings is 1. The molecule has 0 aliphatic rings. The Morgan fingerprint density at radius 2 is 1.73 bits per heavy atom. The minimum Gasteiger partial charge on any atom is -0.462 e. The van der Waals surface area contributed by atoms with Crippen molar-refractivity contribution in [1.82, 2.24) is 4.98 Å². The fraction of sp³-hybridized carbons (Fsp3) is 0.150. The lowest BCUT2D eigenvalue weighted by molar-refractivity contribution is -0.274. The summed E-state index contributed by atoms with van der Waals surface area (Å²) in [5.41, 5.74) is 1.13. The normalized spacial score (nSPS) is 11.1. The average molecular weight is 436 g/mol. The van der Waals surface area contributed by atoms with Gasteiger partial charge < -0.3 is 9.47 Å². The van der Waals surface area contributed by atoms with Gasteiger partial charge in [0.2, 0.25) is 0 Å². The molecule has 2 aromatic carbocycles. The highest BCUT2D eigenvalue weighted by molar-refractivity contribution is 7.18. The number of nitrogens with zero attached hydrogens (tertiary/aromatic N) is 1. The van der Waals surface area contributed by atoms with Gasteiger partial charge in [0.05, 0.1) is 12.3 Å². The van der Waals surface area contributed by atoms with Crippen molar-refractivity contribution in [2.45, 2.75) is 13.3 Å². The van der Waals surface area contributed by atoms with Crippen LogP contribution in [0.4, 0.5) is 18.3 Å². The van der Waals surface area contributed by atoms with Gasteiger partial charge in [0, 0.05) is 11.1 Å². The molecule has 6 nitrogen and oxygen atoms in total. The minimum atomic E-state index is -4.82. The summed E-state index contributed by atoms with van der Waals surface area (Å²) in [4.78, 5) is 29.3. The molecule has 3 aromatic rings. The number of rotatable bonds is 6. The van der Waals surface area contributed by atoms with E-state index in [0.717, 1.165) is 23.5 Å². The molecule has 0 atom stereocenters. The maximum Gasteiger partial charge on any atom is 0.573 e. The topological polar surface area (TPSA) is 77.5 Å². The number of carbonyl (C=O) groups excluding carboxylic acids is 2. The second-order valence-corrected chi connectivity index (χ2v) is 6.81. The quantitative estimate of drug-likeness (QED) is 0.542. The fourth-order valence-electron chi connectivity index (χ4n) is 2.48. The lowest BCUT2D eigenvalue weighted by Gasteiger charge is -2.09. The number of amides is 1. The predicted octanol–water partition coefficient (Wildman–Crippen LogP) is 5.14. The zero-order valence-corrected chi connectivity index (χ0v) is 16.3. The number of hydrogen-bond acceptors (Lipinski definition) is 6. The van der Waals surface area contributed by atoms with E-state index in [1.807, 2.05) is 6.07 Å². The van der Waals surface area contributed by atoms with Crippen LogP contribution in [-0.4, -0.2) is 29.8 Å². The number of esters is 1. The van der Waals surface area contributed by atoms with Crippen LogP contribution in [0.15, 0.2) is 54.6 Å². The highest BCUT2D eigenvalue weighted by Gasteiger charge is 2.31. The maximum absolute atomic E-state index is 12.4. The molecule has 1 amide bonds. The first-order chi connectivity index (χ1) is 14.3. The number of hydrogen-bond donors (Lipinski definition) is 1. The predicted molar refractivity (Wildman–Crippen MR) is 105 cm³/mol. The molecule has 0 aliphatic heterocycles. The molecule has 0 unspecified atom stereocenters. The molecule has 3 rings (SSSR count).